The molecule has 3 aromatic rings. The number of amides is 1. The van der Waals surface area contributed by atoms with E-state index >= 15 is 0 Å². The molecule has 0 saturated carbocycles. The zero-order chi connectivity index (χ0) is 17.9. The van der Waals surface area contributed by atoms with Crippen LogP contribution in [0.15, 0.2) is 60.9 Å². The van der Waals surface area contributed by atoms with Crippen LogP contribution in [0.1, 0.15) is 21.6 Å². The number of carbonyl (C=O) groups is 1. The van der Waals surface area contributed by atoms with E-state index in [2.05, 4.69) is 38.4 Å². The smallest absolute Gasteiger partial charge is 0.275 e. The van der Waals surface area contributed by atoms with E-state index in [4.69, 9.17) is 0 Å². The Morgan fingerprint density at radius 1 is 1.04 bits per heavy atom. The molecule has 1 aromatic heterocycles. The Bertz CT molecular complexity index is 943. The first-order valence-electron chi connectivity index (χ1n) is 8.40. The lowest BCUT2D eigenvalue weighted by Gasteiger charge is -2.29. The average Bonchev–Trinajstić information content (AvgIpc) is 2.68. The van der Waals surface area contributed by atoms with Crippen molar-refractivity contribution < 1.29 is 9.18 Å². The van der Waals surface area contributed by atoms with Gasteiger partial charge in [0.1, 0.15) is 17.3 Å². The van der Waals surface area contributed by atoms with Gasteiger partial charge in [-0.2, -0.15) is 0 Å². The molecule has 1 N–H and O–H groups in total. The van der Waals surface area contributed by atoms with E-state index in [1.807, 2.05) is 6.07 Å². The Hall–Kier alpha value is -3.28. The number of benzene rings is 2. The highest BCUT2D eigenvalue weighted by atomic mass is 19.1. The van der Waals surface area contributed by atoms with Crippen molar-refractivity contribution in [1.29, 1.82) is 0 Å². The first-order chi connectivity index (χ1) is 12.7. The minimum atomic E-state index is -0.418. The lowest BCUT2D eigenvalue weighted by Crippen LogP contribution is -2.31. The zero-order valence-electron chi connectivity index (χ0n) is 14.0. The van der Waals surface area contributed by atoms with Crippen LogP contribution in [0.4, 0.5) is 15.9 Å². The van der Waals surface area contributed by atoms with Crippen LogP contribution in [0, 0.1) is 5.82 Å². The molecule has 0 bridgehead atoms. The van der Waals surface area contributed by atoms with E-state index in [1.165, 1.54) is 35.5 Å². The molecule has 1 aliphatic rings. The third kappa shape index (κ3) is 3.39. The number of rotatable bonds is 3. The van der Waals surface area contributed by atoms with Gasteiger partial charge in [-0.25, -0.2) is 14.4 Å². The van der Waals surface area contributed by atoms with Gasteiger partial charge < -0.3 is 10.2 Å². The topological polar surface area (TPSA) is 58.1 Å². The quantitative estimate of drug-likeness (QED) is 0.788. The van der Waals surface area contributed by atoms with Gasteiger partial charge in [-0.3, -0.25) is 4.79 Å². The fourth-order valence-corrected chi connectivity index (χ4v) is 3.05. The van der Waals surface area contributed by atoms with E-state index < -0.39 is 11.7 Å². The molecule has 0 spiro atoms. The van der Waals surface area contributed by atoms with E-state index in [9.17, 15) is 9.18 Å². The van der Waals surface area contributed by atoms with Crippen LogP contribution < -0.4 is 10.2 Å². The molecule has 1 aliphatic heterocycles. The third-order valence-corrected chi connectivity index (χ3v) is 4.41. The number of nitrogens with one attached hydrogen (secondary N) is 1. The van der Waals surface area contributed by atoms with E-state index in [0.717, 1.165) is 25.3 Å². The molecule has 130 valence electrons. The molecule has 0 aliphatic carbocycles. The first-order valence-corrected chi connectivity index (χ1v) is 8.40. The number of fused-ring (bicyclic) bond motifs is 1. The van der Waals surface area contributed by atoms with Crippen molar-refractivity contribution in [3.8, 4) is 0 Å². The SMILES string of the molecule is O=C(Nc1cccc(F)c1)c1cnc(N2CCc3ccccc3C2)cn1. The van der Waals surface area contributed by atoms with Crippen LogP contribution in [0.3, 0.4) is 0 Å². The minimum Gasteiger partial charge on any atom is -0.351 e. The third-order valence-electron chi connectivity index (χ3n) is 4.41. The maximum atomic E-state index is 13.2. The maximum absolute atomic E-state index is 13.2. The number of halogens is 1. The average molecular weight is 348 g/mol. The van der Waals surface area contributed by atoms with Crippen molar-refractivity contribution in [1.82, 2.24) is 9.97 Å². The van der Waals surface area contributed by atoms with Gasteiger partial charge in [0, 0.05) is 18.8 Å². The fourth-order valence-electron chi connectivity index (χ4n) is 3.05. The van der Waals surface area contributed by atoms with Crippen LogP contribution in [-0.2, 0) is 13.0 Å². The Morgan fingerprint density at radius 3 is 2.65 bits per heavy atom. The highest BCUT2D eigenvalue weighted by Gasteiger charge is 2.18. The number of nitrogens with zero attached hydrogens (tertiary/aromatic N) is 3. The van der Waals surface area contributed by atoms with Crippen molar-refractivity contribution in [3.05, 3.63) is 83.6 Å². The van der Waals surface area contributed by atoms with Crippen molar-refractivity contribution >= 4 is 17.4 Å². The molecule has 0 fully saturated rings. The summed E-state index contributed by atoms with van der Waals surface area (Å²) in [6.07, 6.45) is 4.01. The van der Waals surface area contributed by atoms with E-state index in [1.54, 1.807) is 12.3 Å². The molecule has 2 heterocycles. The molecule has 26 heavy (non-hydrogen) atoms. The highest BCUT2D eigenvalue weighted by molar-refractivity contribution is 6.02. The number of anilines is 2. The predicted molar refractivity (Wildman–Crippen MR) is 97.6 cm³/mol. The highest BCUT2D eigenvalue weighted by Crippen LogP contribution is 2.22. The minimum absolute atomic E-state index is 0.190. The van der Waals surface area contributed by atoms with Crippen molar-refractivity contribution in [2.24, 2.45) is 0 Å². The summed E-state index contributed by atoms with van der Waals surface area (Å²) >= 11 is 0. The molecule has 0 saturated heterocycles. The second kappa shape index (κ2) is 6.92. The van der Waals surface area contributed by atoms with Crippen LogP contribution in [0.5, 0.6) is 0 Å². The van der Waals surface area contributed by atoms with Gasteiger partial charge in [0.15, 0.2) is 0 Å². The molecule has 1 amide bonds. The van der Waals surface area contributed by atoms with Gasteiger partial charge in [0.2, 0.25) is 0 Å². The summed E-state index contributed by atoms with van der Waals surface area (Å²) in [6, 6.07) is 14.1. The van der Waals surface area contributed by atoms with Gasteiger partial charge >= 0.3 is 0 Å². The van der Waals surface area contributed by atoms with Crippen LogP contribution in [0.2, 0.25) is 0 Å². The predicted octanol–water partition coefficient (Wildman–Crippen LogP) is 3.43. The number of carbonyl (C=O) groups excluding carboxylic acids is 1. The van der Waals surface area contributed by atoms with Crippen molar-refractivity contribution in [2.45, 2.75) is 13.0 Å². The summed E-state index contributed by atoms with van der Waals surface area (Å²) in [5, 5.41) is 2.62. The molecule has 0 unspecified atom stereocenters. The lowest BCUT2D eigenvalue weighted by molar-refractivity contribution is 0.102. The molecular weight excluding hydrogens is 331 g/mol. The number of hydrogen-bond acceptors (Lipinski definition) is 4. The maximum Gasteiger partial charge on any atom is 0.275 e. The van der Waals surface area contributed by atoms with Gasteiger partial charge in [-0.05, 0) is 35.7 Å². The zero-order valence-corrected chi connectivity index (χ0v) is 14.0. The van der Waals surface area contributed by atoms with Gasteiger partial charge in [-0.1, -0.05) is 30.3 Å². The molecule has 0 radical (unpaired) electrons. The standard InChI is InChI=1S/C20H17FN4O/c21-16-6-3-7-17(10-16)24-20(26)18-11-23-19(12-22-18)25-9-8-14-4-1-2-5-15(14)13-25/h1-7,10-12H,8-9,13H2,(H,24,26). The van der Waals surface area contributed by atoms with Gasteiger partial charge in [-0.15, -0.1) is 0 Å². The molecule has 4 rings (SSSR count). The Kier molecular flexibility index (Phi) is 4.31. The summed E-state index contributed by atoms with van der Waals surface area (Å²) in [6.45, 7) is 1.64. The fraction of sp³-hybridized carbons (Fsp3) is 0.150. The Balaban J connectivity index is 1.46. The largest absolute Gasteiger partial charge is 0.351 e. The molecule has 5 nitrogen and oxygen atoms in total. The van der Waals surface area contributed by atoms with Gasteiger partial charge in [0.25, 0.3) is 5.91 Å². The molecule has 0 atom stereocenters. The lowest BCUT2D eigenvalue weighted by atomic mass is 10.0. The second-order valence-corrected chi connectivity index (χ2v) is 6.16. The number of aromatic nitrogens is 2. The van der Waals surface area contributed by atoms with Crippen molar-refractivity contribution in [3.63, 3.8) is 0 Å². The Morgan fingerprint density at radius 2 is 1.88 bits per heavy atom. The van der Waals surface area contributed by atoms with Crippen LogP contribution in [0.25, 0.3) is 0 Å². The van der Waals surface area contributed by atoms with E-state index in [0.29, 0.717) is 5.69 Å². The monoisotopic (exact) mass is 348 g/mol. The molecular formula is C20H17FN4O. The first kappa shape index (κ1) is 16.2. The summed E-state index contributed by atoms with van der Waals surface area (Å²) in [5.74, 6) is -0.0879. The number of hydrogen-bond donors (Lipinski definition) is 1. The van der Waals surface area contributed by atoms with Crippen molar-refractivity contribution in [2.75, 3.05) is 16.8 Å². The van der Waals surface area contributed by atoms with Crippen LogP contribution in [-0.4, -0.2) is 22.4 Å². The summed E-state index contributed by atoms with van der Waals surface area (Å²) in [5.41, 5.74) is 3.22. The summed E-state index contributed by atoms with van der Waals surface area (Å²) in [4.78, 5) is 23.0. The molecule has 2 aromatic carbocycles. The van der Waals surface area contributed by atoms with E-state index in [-0.39, 0.29) is 5.69 Å². The Labute approximate surface area is 150 Å². The van der Waals surface area contributed by atoms with Crippen LogP contribution >= 0.6 is 0 Å². The summed E-state index contributed by atoms with van der Waals surface area (Å²) < 4.78 is 13.2. The molecule has 6 heteroatoms. The normalized spacial score (nSPS) is 13.2. The summed E-state index contributed by atoms with van der Waals surface area (Å²) in [7, 11) is 0. The van der Waals surface area contributed by atoms with Gasteiger partial charge in [0.05, 0.1) is 12.4 Å². The second-order valence-electron chi connectivity index (χ2n) is 6.16.